The maximum atomic E-state index is 12.8. The summed E-state index contributed by atoms with van der Waals surface area (Å²) in [6.45, 7) is 4.33. The Kier molecular flexibility index (Phi) is 7.25. The molecule has 6 nitrogen and oxygen atoms in total. The Balaban J connectivity index is 1.33. The minimum absolute atomic E-state index is 0.0589. The number of benzene rings is 3. The second-order valence-electron chi connectivity index (χ2n) is 8.19. The number of carbonyl (C=O) groups excluding carboxylic acids is 2. The van der Waals surface area contributed by atoms with Crippen LogP contribution in [-0.4, -0.2) is 31.4 Å². The largest absolute Gasteiger partial charge is 0.376 e. The number of rotatable bonds is 8. The van der Waals surface area contributed by atoms with E-state index in [1.165, 1.54) is 24.1 Å². The van der Waals surface area contributed by atoms with E-state index in [4.69, 9.17) is 0 Å². The lowest BCUT2D eigenvalue weighted by Gasteiger charge is -2.18. The number of nitrogens with zero attached hydrogens (tertiary/aromatic N) is 1. The number of aryl methyl sites for hydroxylation is 1. The molecule has 0 unspecified atom stereocenters. The first kappa shape index (κ1) is 22.4. The van der Waals surface area contributed by atoms with Crippen LogP contribution in [0.15, 0.2) is 72.8 Å². The van der Waals surface area contributed by atoms with Crippen molar-refractivity contribution in [1.82, 2.24) is 0 Å². The van der Waals surface area contributed by atoms with Gasteiger partial charge in [-0.05, 0) is 73.4 Å². The molecule has 3 aromatic carbocycles. The van der Waals surface area contributed by atoms with Gasteiger partial charge in [0.2, 0.25) is 5.91 Å². The van der Waals surface area contributed by atoms with E-state index in [2.05, 4.69) is 27.8 Å². The lowest BCUT2D eigenvalue weighted by molar-refractivity contribution is -0.114. The molecule has 1 aliphatic rings. The molecule has 1 aliphatic heterocycles. The van der Waals surface area contributed by atoms with E-state index in [1.807, 2.05) is 60.7 Å². The van der Waals surface area contributed by atoms with Crippen molar-refractivity contribution in [2.75, 3.05) is 40.5 Å². The number of hydrogen-bond donors (Lipinski definition) is 3. The van der Waals surface area contributed by atoms with Crippen molar-refractivity contribution in [2.45, 2.75) is 26.2 Å². The smallest absolute Gasteiger partial charge is 0.257 e. The van der Waals surface area contributed by atoms with E-state index < -0.39 is 0 Å². The number of carbonyl (C=O) groups is 2. The predicted molar refractivity (Wildman–Crippen MR) is 135 cm³/mol. The molecule has 1 heterocycles. The van der Waals surface area contributed by atoms with Crippen LogP contribution in [0.1, 0.15) is 35.7 Å². The molecule has 0 spiro atoms. The highest BCUT2D eigenvalue weighted by Crippen LogP contribution is 2.22. The molecule has 0 aliphatic carbocycles. The minimum atomic E-state index is -0.222. The molecule has 1 saturated heterocycles. The van der Waals surface area contributed by atoms with Crippen LogP contribution in [0.2, 0.25) is 0 Å². The van der Waals surface area contributed by atoms with Crippen molar-refractivity contribution in [3.63, 3.8) is 0 Å². The van der Waals surface area contributed by atoms with Crippen LogP contribution in [0.25, 0.3) is 0 Å². The molecule has 3 N–H and O–H groups in total. The Morgan fingerprint density at radius 2 is 1.45 bits per heavy atom. The number of hydrogen-bond acceptors (Lipinski definition) is 4. The van der Waals surface area contributed by atoms with Crippen molar-refractivity contribution in [3.8, 4) is 0 Å². The van der Waals surface area contributed by atoms with Crippen LogP contribution in [-0.2, 0) is 11.2 Å². The van der Waals surface area contributed by atoms with Crippen LogP contribution < -0.4 is 20.9 Å². The third-order valence-corrected chi connectivity index (χ3v) is 5.85. The van der Waals surface area contributed by atoms with Crippen LogP contribution in [0.3, 0.4) is 0 Å². The fourth-order valence-corrected chi connectivity index (χ4v) is 3.97. The molecular weight excluding hydrogens is 412 g/mol. The quantitative estimate of drug-likeness (QED) is 0.451. The van der Waals surface area contributed by atoms with Crippen LogP contribution in [0, 0.1) is 0 Å². The van der Waals surface area contributed by atoms with Gasteiger partial charge < -0.3 is 20.9 Å². The second-order valence-corrected chi connectivity index (χ2v) is 8.19. The van der Waals surface area contributed by atoms with Crippen molar-refractivity contribution < 1.29 is 9.59 Å². The van der Waals surface area contributed by atoms with Gasteiger partial charge in [0.05, 0.1) is 12.1 Å². The molecule has 6 heteroatoms. The summed E-state index contributed by atoms with van der Waals surface area (Å²) in [6.07, 6.45) is 3.41. The zero-order valence-electron chi connectivity index (χ0n) is 18.9. The highest BCUT2D eigenvalue weighted by atomic mass is 16.2. The summed E-state index contributed by atoms with van der Waals surface area (Å²) >= 11 is 0. The summed E-state index contributed by atoms with van der Waals surface area (Å²) in [7, 11) is 0. The fourth-order valence-electron chi connectivity index (χ4n) is 3.97. The van der Waals surface area contributed by atoms with Gasteiger partial charge >= 0.3 is 0 Å². The topological polar surface area (TPSA) is 73.5 Å². The molecular formula is C27H30N4O2. The Hall–Kier alpha value is -3.80. The van der Waals surface area contributed by atoms with Gasteiger partial charge in [-0.25, -0.2) is 0 Å². The van der Waals surface area contributed by atoms with Crippen molar-refractivity contribution in [3.05, 3.63) is 83.9 Å². The van der Waals surface area contributed by atoms with Crippen LogP contribution in [0.5, 0.6) is 0 Å². The number of nitrogens with one attached hydrogen (secondary N) is 3. The number of anilines is 4. The third kappa shape index (κ3) is 5.92. The molecule has 4 rings (SSSR count). The monoisotopic (exact) mass is 442 g/mol. The lowest BCUT2D eigenvalue weighted by atomic mass is 10.1. The van der Waals surface area contributed by atoms with Gasteiger partial charge in [0.25, 0.3) is 5.91 Å². The first-order valence-corrected chi connectivity index (χ1v) is 11.5. The summed E-state index contributed by atoms with van der Waals surface area (Å²) in [5.41, 5.74) is 4.99. The molecule has 0 radical (unpaired) electrons. The maximum Gasteiger partial charge on any atom is 0.257 e. The Morgan fingerprint density at radius 1 is 0.818 bits per heavy atom. The molecule has 0 saturated carbocycles. The maximum absolute atomic E-state index is 12.8. The first-order valence-electron chi connectivity index (χ1n) is 11.5. The van der Waals surface area contributed by atoms with E-state index in [9.17, 15) is 9.59 Å². The van der Waals surface area contributed by atoms with E-state index >= 15 is 0 Å². The highest BCUT2D eigenvalue weighted by Gasteiger charge is 2.14. The van der Waals surface area contributed by atoms with Gasteiger partial charge in [-0.2, -0.15) is 0 Å². The molecule has 0 aromatic heterocycles. The van der Waals surface area contributed by atoms with E-state index in [0.717, 1.165) is 30.9 Å². The Labute approximate surface area is 195 Å². The predicted octanol–water partition coefficient (Wildman–Crippen LogP) is 5.15. The molecule has 170 valence electrons. The molecule has 33 heavy (non-hydrogen) atoms. The van der Waals surface area contributed by atoms with E-state index in [-0.39, 0.29) is 18.4 Å². The van der Waals surface area contributed by atoms with E-state index in [1.54, 1.807) is 12.1 Å². The normalized spacial score (nSPS) is 12.9. The first-order chi connectivity index (χ1) is 16.1. The van der Waals surface area contributed by atoms with Gasteiger partial charge in [0, 0.05) is 35.8 Å². The molecule has 2 amide bonds. The summed E-state index contributed by atoms with van der Waals surface area (Å²) < 4.78 is 0. The van der Waals surface area contributed by atoms with Crippen molar-refractivity contribution in [2.24, 2.45) is 0 Å². The van der Waals surface area contributed by atoms with Gasteiger partial charge in [0.15, 0.2) is 0 Å². The Morgan fingerprint density at radius 3 is 2.15 bits per heavy atom. The fraction of sp³-hybridized carbons (Fsp3) is 0.259. The average molecular weight is 443 g/mol. The SMILES string of the molecule is CCc1ccc(NC(=O)c2ccccc2NCC(=O)Nc2ccc(N3CCCC3)cc2)cc1. The van der Waals surface area contributed by atoms with E-state index in [0.29, 0.717) is 11.3 Å². The minimum Gasteiger partial charge on any atom is -0.376 e. The van der Waals surface area contributed by atoms with Gasteiger partial charge in [-0.1, -0.05) is 31.2 Å². The highest BCUT2D eigenvalue weighted by molar-refractivity contribution is 6.08. The van der Waals surface area contributed by atoms with Gasteiger partial charge in [0.1, 0.15) is 0 Å². The molecule has 0 bridgehead atoms. The zero-order chi connectivity index (χ0) is 23.0. The average Bonchev–Trinajstić information content (AvgIpc) is 3.39. The third-order valence-electron chi connectivity index (χ3n) is 5.85. The zero-order valence-corrected chi connectivity index (χ0v) is 18.9. The molecule has 0 atom stereocenters. The summed E-state index contributed by atoms with van der Waals surface area (Å²) in [6, 6.07) is 22.9. The lowest BCUT2D eigenvalue weighted by Crippen LogP contribution is -2.23. The molecule has 1 fully saturated rings. The number of para-hydroxylation sites is 1. The standard InChI is InChI=1S/C27H30N4O2/c1-2-20-9-11-22(12-10-20)30-27(33)24-7-3-4-8-25(24)28-19-26(32)29-21-13-15-23(16-14-21)31-17-5-6-18-31/h3-4,7-16,28H,2,5-6,17-19H2,1H3,(H,29,32)(H,30,33). The van der Waals surface area contributed by atoms with Gasteiger partial charge in [-0.3, -0.25) is 9.59 Å². The number of amides is 2. The van der Waals surface area contributed by atoms with Crippen molar-refractivity contribution in [1.29, 1.82) is 0 Å². The Bertz CT molecular complexity index is 1090. The summed E-state index contributed by atoms with van der Waals surface area (Å²) in [5.74, 6) is -0.394. The van der Waals surface area contributed by atoms with Crippen molar-refractivity contribution >= 4 is 34.6 Å². The van der Waals surface area contributed by atoms with Crippen LogP contribution in [0.4, 0.5) is 22.7 Å². The second kappa shape index (κ2) is 10.7. The molecule has 3 aromatic rings. The van der Waals surface area contributed by atoms with Crippen LogP contribution >= 0.6 is 0 Å². The summed E-state index contributed by atoms with van der Waals surface area (Å²) in [5, 5.41) is 8.92. The van der Waals surface area contributed by atoms with Gasteiger partial charge in [-0.15, -0.1) is 0 Å². The summed E-state index contributed by atoms with van der Waals surface area (Å²) in [4.78, 5) is 27.6.